The average Bonchev–Trinajstić information content (AvgIpc) is 3.22. The smallest absolute Gasteiger partial charge is 0.130 e. The molecule has 0 saturated carbocycles. The van der Waals surface area contributed by atoms with E-state index >= 15 is 0 Å². The zero-order valence-corrected chi connectivity index (χ0v) is 14.7. The fraction of sp³-hybridized carbons (Fsp3) is 0.143. The molecule has 5 nitrogen and oxygen atoms in total. The third kappa shape index (κ3) is 2.03. The maximum atomic E-state index is 4.54. The van der Waals surface area contributed by atoms with Crippen LogP contribution in [-0.4, -0.2) is 28.6 Å². The molecule has 0 N–H and O–H groups in total. The van der Waals surface area contributed by atoms with Crippen molar-refractivity contribution < 1.29 is 0 Å². The molecule has 0 aliphatic carbocycles. The number of fused-ring (bicyclic) bond motifs is 2. The average molecular weight is 341 g/mol. The summed E-state index contributed by atoms with van der Waals surface area (Å²) in [6, 6.07) is 19.0. The maximum absolute atomic E-state index is 4.54. The van der Waals surface area contributed by atoms with E-state index < -0.39 is 0 Å². The molecule has 1 aliphatic rings. The van der Waals surface area contributed by atoms with Gasteiger partial charge in [0.25, 0.3) is 0 Å². The lowest BCUT2D eigenvalue weighted by Gasteiger charge is -2.30. The summed E-state index contributed by atoms with van der Waals surface area (Å²) in [6.45, 7) is 0. The van der Waals surface area contributed by atoms with E-state index in [1.165, 1.54) is 16.9 Å². The molecule has 0 spiro atoms. The van der Waals surface area contributed by atoms with Crippen LogP contribution in [0.25, 0.3) is 16.7 Å². The third-order valence-electron chi connectivity index (χ3n) is 5.20. The standard InChI is InChI=1S/C21H19N5/c1-24-18-9-5-6-10-19(18)25(2)21(24)15-7-3-4-8-17(15)26-14-23-16-11-12-22-13-20(16)26/h3-14,21H,1-2H3. The van der Waals surface area contributed by atoms with Crippen molar-refractivity contribution in [3.63, 3.8) is 0 Å². The van der Waals surface area contributed by atoms with Gasteiger partial charge in [-0.3, -0.25) is 9.55 Å². The molecule has 2 aromatic carbocycles. The number of nitrogens with zero attached hydrogens (tertiary/aromatic N) is 5. The molecule has 4 aromatic rings. The molecule has 0 bridgehead atoms. The summed E-state index contributed by atoms with van der Waals surface area (Å²) in [5.41, 5.74) is 6.81. The van der Waals surface area contributed by atoms with Crippen LogP contribution in [0.4, 0.5) is 11.4 Å². The van der Waals surface area contributed by atoms with Crippen LogP contribution in [0.2, 0.25) is 0 Å². The first-order valence-electron chi connectivity index (χ1n) is 8.67. The van der Waals surface area contributed by atoms with Crippen molar-refractivity contribution in [2.75, 3.05) is 23.9 Å². The Bertz CT molecular complexity index is 1070. The summed E-state index contributed by atoms with van der Waals surface area (Å²) in [5, 5.41) is 0. The van der Waals surface area contributed by atoms with Crippen molar-refractivity contribution in [1.82, 2.24) is 14.5 Å². The molecule has 0 atom stereocenters. The van der Waals surface area contributed by atoms with Gasteiger partial charge >= 0.3 is 0 Å². The van der Waals surface area contributed by atoms with Crippen molar-refractivity contribution in [2.45, 2.75) is 6.17 Å². The number of anilines is 2. The molecule has 0 amide bonds. The molecule has 5 rings (SSSR count). The van der Waals surface area contributed by atoms with E-state index in [1.54, 1.807) is 6.20 Å². The second kappa shape index (κ2) is 5.59. The van der Waals surface area contributed by atoms with Crippen LogP contribution in [0.5, 0.6) is 0 Å². The Labute approximate surface area is 152 Å². The topological polar surface area (TPSA) is 37.2 Å². The molecule has 3 heterocycles. The highest BCUT2D eigenvalue weighted by Crippen LogP contribution is 2.45. The highest BCUT2D eigenvalue weighted by Gasteiger charge is 2.33. The Morgan fingerprint density at radius 3 is 2.19 bits per heavy atom. The number of benzene rings is 2. The summed E-state index contributed by atoms with van der Waals surface area (Å²) >= 11 is 0. The van der Waals surface area contributed by atoms with Gasteiger partial charge in [-0.05, 0) is 24.3 Å². The van der Waals surface area contributed by atoms with Crippen LogP contribution in [0, 0.1) is 0 Å². The summed E-state index contributed by atoms with van der Waals surface area (Å²) in [4.78, 5) is 13.5. The summed E-state index contributed by atoms with van der Waals surface area (Å²) < 4.78 is 2.13. The molecule has 128 valence electrons. The van der Waals surface area contributed by atoms with Gasteiger partial charge in [-0.1, -0.05) is 30.3 Å². The lowest BCUT2D eigenvalue weighted by Crippen LogP contribution is -2.31. The number of hydrogen-bond acceptors (Lipinski definition) is 4. The fourth-order valence-electron chi connectivity index (χ4n) is 3.97. The normalized spacial score (nSPS) is 14.2. The second-order valence-corrected chi connectivity index (χ2v) is 6.62. The van der Waals surface area contributed by atoms with Crippen molar-refractivity contribution >= 4 is 22.4 Å². The molecule has 0 fully saturated rings. The monoisotopic (exact) mass is 341 g/mol. The minimum atomic E-state index is 0.123. The quantitative estimate of drug-likeness (QED) is 0.552. The SMILES string of the molecule is CN1c2ccccc2N(C)C1c1ccccc1-n1cnc2ccncc21. The van der Waals surface area contributed by atoms with Gasteiger partial charge in [-0.25, -0.2) is 4.98 Å². The first kappa shape index (κ1) is 15.0. The molecule has 1 aliphatic heterocycles. The van der Waals surface area contributed by atoms with Crippen LogP contribution in [0.1, 0.15) is 11.7 Å². The van der Waals surface area contributed by atoms with Gasteiger partial charge in [0.15, 0.2) is 0 Å². The van der Waals surface area contributed by atoms with E-state index in [0.717, 1.165) is 16.7 Å². The Kier molecular flexibility index (Phi) is 3.22. The van der Waals surface area contributed by atoms with E-state index in [2.05, 4.69) is 87.0 Å². The maximum Gasteiger partial charge on any atom is 0.130 e. The molecule has 26 heavy (non-hydrogen) atoms. The van der Waals surface area contributed by atoms with Gasteiger partial charge in [0.1, 0.15) is 12.5 Å². The van der Waals surface area contributed by atoms with Crippen LogP contribution in [-0.2, 0) is 0 Å². The summed E-state index contributed by atoms with van der Waals surface area (Å²) in [6.07, 6.45) is 5.65. The van der Waals surface area contributed by atoms with E-state index in [-0.39, 0.29) is 6.17 Å². The largest absolute Gasteiger partial charge is 0.349 e. The summed E-state index contributed by atoms with van der Waals surface area (Å²) in [7, 11) is 4.30. The van der Waals surface area contributed by atoms with Crippen LogP contribution >= 0.6 is 0 Å². The number of para-hydroxylation sites is 3. The Morgan fingerprint density at radius 1 is 0.808 bits per heavy atom. The number of pyridine rings is 1. The molecule has 2 aromatic heterocycles. The highest BCUT2D eigenvalue weighted by atomic mass is 15.4. The molecule has 0 saturated heterocycles. The predicted octanol–water partition coefficient (Wildman–Crippen LogP) is 4.01. The van der Waals surface area contributed by atoms with E-state index in [1.807, 2.05) is 18.6 Å². The number of imidazole rings is 1. The first-order valence-corrected chi connectivity index (χ1v) is 8.67. The van der Waals surface area contributed by atoms with E-state index in [9.17, 15) is 0 Å². The minimum absolute atomic E-state index is 0.123. The van der Waals surface area contributed by atoms with Gasteiger partial charge < -0.3 is 9.80 Å². The highest BCUT2D eigenvalue weighted by molar-refractivity contribution is 5.80. The van der Waals surface area contributed by atoms with Crippen molar-refractivity contribution in [3.8, 4) is 5.69 Å². The molecular weight excluding hydrogens is 322 g/mol. The lowest BCUT2D eigenvalue weighted by atomic mass is 10.1. The lowest BCUT2D eigenvalue weighted by molar-refractivity contribution is 0.689. The fourth-order valence-corrected chi connectivity index (χ4v) is 3.97. The van der Waals surface area contributed by atoms with Gasteiger partial charge in [-0.2, -0.15) is 0 Å². The third-order valence-corrected chi connectivity index (χ3v) is 5.20. The molecule has 0 unspecified atom stereocenters. The van der Waals surface area contributed by atoms with Crippen molar-refractivity contribution in [3.05, 3.63) is 78.9 Å². The molecule has 5 heteroatoms. The van der Waals surface area contributed by atoms with Crippen LogP contribution in [0.3, 0.4) is 0 Å². The van der Waals surface area contributed by atoms with Gasteiger partial charge in [0, 0.05) is 25.9 Å². The van der Waals surface area contributed by atoms with Crippen LogP contribution < -0.4 is 9.80 Å². The zero-order valence-electron chi connectivity index (χ0n) is 14.7. The first-order chi connectivity index (χ1) is 12.8. The number of hydrogen-bond donors (Lipinski definition) is 0. The van der Waals surface area contributed by atoms with Gasteiger partial charge in [-0.15, -0.1) is 0 Å². The van der Waals surface area contributed by atoms with E-state index in [4.69, 9.17) is 0 Å². The Morgan fingerprint density at radius 2 is 1.46 bits per heavy atom. The van der Waals surface area contributed by atoms with Crippen molar-refractivity contribution in [2.24, 2.45) is 0 Å². The Balaban J connectivity index is 1.69. The van der Waals surface area contributed by atoms with Gasteiger partial charge in [0.2, 0.25) is 0 Å². The minimum Gasteiger partial charge on any atom is -0.349 e. The second-order valence-electron chi connectivity index (χ2n) is 6.62. The summed E-state index contributed by atoms with van der Waals surface area (Å²) in [5.74, 6) is 0. The number of aromatic nitrogens is 3. The van der Waals surface area contributed by atoms with Crippen molar-refractivity contribution in [1.29, 1.82) is 0 Å². The van der Waals surface area contributed by atoms with Gasteiger partial charge in [0.05, 0.1) is 34.3 Å². The molecular formula is C21H19N5. The van der Waals surface area contributed by atoms with Crippen LogP contribution in [0.15, 0.2) is 73.3 Å². The zero-order chi connectivity index (χ0) is 17.7. The Hall–Kier alpha value is -3.34. The number of rotatable bonds is 2. The van der Waals surface area contributed by atoms with E-state index in [0.29, 0.717) is 0 Å². The predicted molar refractivity (Wildman–Crippen MR) is 105 cm³/mol. The molecule has 0 radical (unpaired) electrons.